The summed E-state index contributed by atoms with van der Waals surface area (Å²) in [5.41, 5.74) is 2.82. The number of hydrogen-bond donors (Lipinski definition) is 3. The molecule has 0 unspecified atom stereocenters. The molecule has 2 aromatic carbocycles. The first-order valence-electron chi connectivity index (χ1n) is 8.84. The summed E-state index contributed by atoms with van der Waals surface area (Å²) in [6.45, 7) is 4.08. The predicted molar refractivity (Wildman–Crippen MR) is 103 cm³/mol. The Morgan fingerprint density at radius 3 is 2.07 bits per heavy atom. The highest BCUT2D eigenvalue weighted by molar-refractivity contribution is 5.92. The van der Waals surface area contributed by atoms with Crippen LogP contribution in [0, 0.1) is 5.92 Å². The Morgan fingerprint density at radius 1 is 0.926 bits per heavy atom. The summed E-state index contributed by atoms with van der Waals surface area (Å²) in [5.74, 6) is -1.15. The Kier molecular flexibility index (Phi) is 7.11. The molecule has 142 valence electrons. The predicted octanol–water partition coefficient (Wildman–Crippen LogP) is 3.23. The van der Waals surface area contributed by atoms with Crippen LogP contribution in [-0.4, -0.2) is 22.9 Å². The topological polar surface area (TPSA) is 95.5 Å². The zero-order valence-corrected chi connectivity index (χ0v) is 15.5. The van der Waals surface area contributed by atoms with Gasteiger partial charge in [-0.2, -0.15) is 0 Å². The van der Waals surface area contributed by atoms with Crippen LogP contribution in [0.3, 0.4) is 0 Å². The van der Waals surface area contributed by atoms with Crippen molar-refractivity contribution in [3.63, 3.8) is 0 Å². The fourth-order valence-electron chi connectivity index (χ4n) is 2.35. The molecule has 6 heteroatoms. The molecule has 2 amide bonds. The van der Waals surface area contributed by atoms with E-state index >= 15 is 0 Å². The highest BCUT2D eigenvalue weighted by atomic mass is 16.4. The van der Waals surface area contributed by atoms with Crippen molar-refractivity contribution in [2.75, 3.05) is 5.32 Å². The molecule has 0 fully saturated rings. The molecular formula is C21H24N2O4. The van der Waals surface area contributed by atoms with E-state index in [1.54, 1.807) is 12.1 Å². The number of nitrogens with one attached hydrogen (secondary N) is 2. The monoisotopic (exact) mass is 368 g/mol. The molecule has 0 radical (unpaired) electrons. The minimum Gasteiger partial charge on any atom is -0.478 e. The lowest BCUT2D eigenvalue weighted by molar-refractivity contribution is -0.121. The maximum absolute atomic E-state index is 12.0. The molecule has 0 atom stereocenters. The average molecular weight is 368 g/mol. The second kappa shape index (κ2) is 9.52. The third-order valence-corrected chi connectivity index (χ3v) is 4.08. The van der Waals surface area contributed by atoms with Gasteiger partial charge in [0.15, 0.2) is 0 Å². The third-order valence-electron chi connectivity index (χ3n) is 4.08. The number of carboxylic acid groups (broad SMARTS) is 1. The summed E-state index contributed by atoms with van der Waals surface area (Å²) >= 11 is 0. The lowest BCUT2D eigenvalue weighted by Gasteiger charge is -2.09. The van der Waals surface area contributed by atoms with Crippen LogP contribution in [0.1, 0.15) is 41.8 Å². The number of carboxylic acids is 1. The minimum atomic E-state index is -0.964. The van der Waals surface area contributed by atoms with Crippen molar-refractivity contribution in [2.45, 2.75) is 33.2 Å². The second-order valence-corrected chi connectivity index (χ2v) is 6.62. The standard InChI is InChI=1S/C21H24N2O4/c1-14(2)20(25)23-18-10-5-16(6-11-18)13-22-19(24)12-7-15-3-8-17(9-4-15)21(26)27/h3-6,8-11,14H,7,12-13H2,1-2H3,(H,22,24)(H,23,25)(H,26,27). The first-order valence-corrected chi connectivity index (χ1v) is 8.84. The molecule has 27 heavy (non-hydrogen) atoms. The molecule has 0 saturated carbocycles. The summed E-state index contributed by atoms with van der Waals surface area (Å²) < 4.78 is 0. The number of hydrogen-bond acceptors (Lipinski definition) is 3. The summed E-state index contributed by atoms with van der Waals surface area (Å²) in [5, 5.41) is 14.5. The lowest BCUT2D eigenvalue weighted by atomic mass is 10.1. The first kappa shape index (κ1) is 20.2. The molecule has 0 spiro atoms. The van der Waals surface area contributed by atoms with Crippen LogP contribution in [0.2, 0.25) is 0 Å². The van der Waals surface area contributed by atoms with Gasteiger partial charge in [-0.15, -0.1) is 0 Å². The minimum absolute atomic E-state index is 0.0348. The lowest BCUT2D eigenvalue weighted by Crippen LogP contribution is -2.23. The van der Waals surface area contributed by atoms with Gasteiger partial charge in [-0.05, 0) is 41.8 Å². The van der Waals surface area contributed by atoms with E-state index in [4.69, 9.17) is 5.11 Å². The summed E-state index contributed by atoms with van der Waals surface area (Å²) in [6.07, 6.45) is 0.876. The molecule has 2 aromatic rings. The molecule has 0 saturated heterocycles. The van der Waals surface area contributed by atoms with Gasteiger partial charge in [-0.3, -0.25) is 9.59 Å². The van der Waals surface area contributed by atoms with Crippen LogP contribution in [-0.2, 0) is 22.6 Å². The zero-order chi connectivity index (χ0) is 19.8. The van der Waals surface area contributed by atoms with Crippen LogP contribution in [0.5, 0.6) is 0 Å². The van der Waals surface area contributed by atoms with Gasteiger partial charge >= 0.3 is 5.97 Å². The number of aryl methyl sites for hydroxylation is 1. The van der Waals surface area contributed by atoms with Crippen LogP contribution in [0.15, 0.2) is 48.5 Å². The Labute approximate surface area is 158 Å². The van der Waals surface area contributed by atoms with E-state index in [1.165, 1.54) is 12.1 Å². The van der Waals surface area contributed by atoms with Crippen LogP contribution < -0.4 is 10.6 Å². The van der Waals surface area contributed by atoms with Crippen LogP contribution in [0.4, 0.5) is 5.69 Å². The molecule has 0 bridgehead atoms. The largest absolute Gasteiger partial charge is 0.478 e. The average Bonchev–Trinajstić information content (AvgIpc) is 2.66. The fraction of sp³-hybridized carbons (Fsp3) is 0.286. The summed E-state index contributed by atoms with van der Waals surface area (Å²) in [6, 6.07) is 13.9. The zero-order valence-electron chi connectivity index (χ0n) is 15.5. The highest BCUT2D eigenvalue weighted by Crippen LogP contribution is 2.11. The highest BCUT2D eigenvalue weighted by Gasteiger charge is 2.07. The number of carbonyl (C=O) groups excluding carboxylic acids is 2. The van der Waals surface area contributed by atoms with Crippen molar-refractivity contribution in [3.05, 3.63) is 65.2 Å². The molecular weight excluding hydrogens is 344 g/mol. The van der Waals surface area contributed by atoms with Crippen LogP contribution >= 0.6 is 0 Å². The molecule has 2 rings (SSSR count). The van der Waals surface area contributed by atoms with E-state index in [1.807, 2.05) is 38.1 Å². The number of carbonyl (C=O) groups is 3. The van der Waals surface area contributed by atoms with Gasteiger partial charge < -0.3 is 15.7 Å². The maximum Gasteiger partial charge on any atom is 0.335 e. The van der Waals surface area contributed by atoms with Crippen molar-refractivity contribution >= 4 is 23.5 Å². The van der Waals surface area contributed by atoms with Crippen molar-refractivity contribution in [1.82, 2.24) is 5.32 Å². The SMILES string of the molecule is CC(C)C(=O)Nc1ccc(CNC(=O)CCc2ccc(C(=O)O)cc2)cc1. The third kappa shape index (κ3) is 6.58. The van der Waals surface area contributed by atoms with Gasteiger partial charge in [0.05, 0.1) is 5.56 Å². The van der Waals surface area contributed by atoms with Crippen LogP contribution in [0.25, 0.3) is 0 Å². The van der Waals surface area contributed by atoms with E-state index in [9.17, 15) is 14.4 Å². The number of aromatic carboxylic acids is 1. The molecule has 3 N–H and O–H groups in total. The number of anilines is 1. The normalized spacial score (nSPS) is 10.5. The Hall–Kier alpha value is -3.15. The van der Waals surface area contributed by atoms with Gasteiger partial charge in [0.25, 0.3) is 0 Å². The molecule has 0 aliphatic heterocycles. The van der Waals surface area contributed by atoms with Gasteiger partial charge in [-0.1, -0.05) is 38.1 Å². The first-order chi connectivity index (χ1) is 12.8. The quantitative estimate of drug-likeness (QED) is 0.667. The second-order valence-electron chi connectivity index (χ2n) is 6.62. The van der Waals surface area contributed by atoms with Crippen molar-refractivity contribution < 1.29 is 19.5 Å². The molecule has 0 heterocycles. The molecule has 0 aliphatic rings. The van der Waals surface area contributed by atoms with Gasteiger partial charge in [0.2, 0.25) is 11.8 Å². The maximum atomic E-state index is 12.0. The molecule has 6 nitrogen and oxygen atoms in total. The fourth-order valence-corrected chi connectivity index (χ4v) is 2.35. The Bertz CT molecular complexity index is 796. The Balaban J connectivity index is 1.76. The van der Waals surface area contributed by atoms with E-state index in [0.717, 1.165) is 16.8 Å². The number of amides is 2. The molecule has 0 aliphatic carbocycles. The van der Waals surface area contributed by atoms with E-state index in [2.05, 4.69) is 10.6 Å². The molecule has 0 aromatic heterocycles. The van der Waals surface area contributed by atoms with E-state index < -0.39 is 5.97 Å². The smallest absolute Gasteiger partial charge is 0.335 e. The van der Waals surface area contributed by atoms with Crippen molar-refractivity contribution in [3.8, 4) is 0 Å². The van der Waals surface area contributed by atoms with Gasteiger partial charge in [0.1, 0.15) is 0 Å². The number of benzene rings is 2. The van der Waals surface area contributed by atoms with E-state index in [0.29, 0.717) is 19.4 Å². The van der Waals surface area contributed by atoms with E-state index in [-0.39, 0.29) is 23.3 Å². The van der Waals surface area contributed by atoms with Gasteiger partial charge in [-0.25, -0.2) is 4.79 Å². The van der Waals surface area contributed by atoms with Crippen molar-refractivity contribution in [1.29, 1.82) is 0 Å². The number of rotatable bonds is 8. The summed E-state index contributed by atoms with van der Waals surface area (Å²) in [7, 11) is 0. The summed E-state index contributed by atoms with van der Waals surface area (Å²) in [4.78, 5) is 34.5. The van der Waals surface area contributed by atoms with Gasteiger partial charge in [0, 0.05) is 24.6 Å². The van der Waals surface area contributed by atoms with Crippen molar-refractivity contribution in [2.24, 2.45) is 5.92 Å². The Morgan fingerprint density at radius 2 is 1.52 bits per heavy atom.